The zero-order chi connectivity index (χ0) is 11.6. The molecule has 15 heavy (non-hydrogen) atoms. The lowest BCUT2D eigenvalue weighted by Crippen LogP contribution is -2.99. The minimum absolute atomic E-state index is 0.0857. The molecule has 0 bridgehead atoms. The summed E-state index contributed by atoms with van der Waals surface area (Å²) in [5.41, 5.74) is -0.919. The second-order valence-electron chi connectivity index (χ2n) is 2.68. The van der Waals surface area contributed by atoms with Crippen molar-refractivity contribution in [3.63, 3.8) is 0 Å². The van der Waals surface area contributed by atoms with Gasteiger partial charge in [-0.25, -0.2) is 10.0 Å². The van der Waals surface area contributed by atoms with Gasteiger partial charge in [-0.3, -0.25) is 0 Å². The SMILES string of the molecule is COc1cc([NH+]([O-])O)c(C(=O)O)cc1O. The molecule has 0 aliphatic heterocycles. The Morgan fingerprint density at radius 3 is 2.53 bits per heavy atom. The molecule has 0 saturated heterocycles. The summed E-state index contributed by atoms with van der Waals surface area (Å²) in [6, 6.07) is 1.80. The van der Waals surface area contributed by atoms with Gasteiger partial charge >= 0.3 is 5.97 Å². The molecule has 0 heterocycles. The maximum absolute atomic E-state index is 10.7. The zero-order valence-corrected chi connectivity index (χ0v) is 7.72. The Labute approximate surface area is 84.3 Å². The van der Waals surface area contributed by atoms with Crippen LogP contribution < -0.4 is 9.96 Å². The number of benzene rings is 1. The van der Waals surface area contributed by atoms with Gasteiger partial charge in [0.2, 0.25) is 0 Å². The number of phenols is 1. The van der Waals surface area contributed by atoms with Crippen molar-refractivity contribution in [1.29, 1.82) is 0 Å². The molecule has 0 saturated carbocycles. The highest BCUT2D eigenvalue weighted by Crippen LogP contribution is 2.30. The second kappa shape index (κ2) is 4.13. The van der Waals surface area contributed by atoms with E-state index >= 15 is 0 Å². The van der Waals surface area contributed by atoms with E-state index in [-0.39, 0.29) is 5.75 Å². The highest BCUT2D eigenvalue weighted by Gasteiger charge is 2.19. The maximum Gasteiger partial charge on any atom is 0.342 e. The Hall–Kier alpha value is -1.83. The molecule has 1 unspecified atom stereocenters. The number of carboxylic acids is 1. The monoisotopic (exact) mass is 215 g/mol. The van der Waals surface area contributed by atoms with E-state index in [0.717, 1.165) is 12.1 Å². The summed E-state index contributed by atoms with van der Waals surface area (Å²) in [6.07, 6.45) is 0. The van der Waals surface area contributed by atoms with E-state index in [2.05, 4.69) is 4.74 Å². The molecule has 82 valence electrons. The number of aromatic carboxylic acids is 1. The minimum atomic E-state index is -1.43. The van der Waals surface area contributed by atoms with Crippen molar-refractivity contribution in [2.45, 2.75) is 0 Å². The first-order valence-corrected chi connectivity index (χ1v) is 3.85. The lowest BCUT2D eigenvalue weighted by atomic mass is 10.1. The number of aromatic hydroxyl groups is 1. The van der Waals surface area contributed by atoms with Gasteiger partial charge in [-0.15, -0.1) is 0 Å². The van der Waals surface area contributed by atoms with Crippen LogP contribution in [0.3, 0.4) is 0 Å². The maximum atomic E-state index is 10.7. The minimum Gasteiger partial charge on any atom is -0.595 e. The molecule has 0 fully saturated rings. The average molecular weight is 215 g/mol. The van der Waals surface area contributed by atoms with Gasteiger partial charge in [0.25, 0.3) is 0 Å². The van der Waals surface area contributed by atoms with Crippen LogP contribution in [0.25, 0.3) is 0 Å². The predicted octanol–water partition coefficient (Wildman–Crippen LogP) is -0.498. The number of rotatable bonds is 3. The summed E-state index contributed by atoms with van der Waals surface area (Å²) >= 11 is 0. The smallest absolute Gasteiger partial charge is 0.342 e. The molecule has 1 aromatic carbocycles. The van der Waals surface area contributed by atoms with Crippen molar-refractivity contribution < 1.29 is 30.2 Å². The quantitative estimate of drug-likeness (QED) is 0.399. The van der Waals surface area contributed by atoms with E-state index < -0.39 is 28.2 Å². The van der Waals surface area contributed by atoms with Crippen LogP contribution in [0.4, 0.5) is 5.69 Å². The van der Waals surface area contributed by atoms with Gasteiger partial charge in [-0.05, 0) is 0 Å². The Kier molecular flexibility index (Phi) is 3.10. The summed E-state index contributed by atoms with van der Waals surface area (Å²) in [4.78, 5) is 10.7. The molecule has 0 aromatic heterocycles. The van der Waals surface area contributed by atoms with Gasteiger partial charge in [0.05, 0.1) is 7.11 Å². The molecular formula is C8H9NO6. The molecule has 0 amide bonds. The van der Waals surface area contributed by atoms with Crippen LogP contribution in [0, 0.1) is 5.21 Å². The Morgan fingerprint density at radius 1 is 1.53 bits per heavy atom. The first kappa shape index (κ1) is 11.2. The number of quaternary nitrogens is 1. The normalized spacial score (nSPS) is 12.2. The van der Waals surface area contributed by atoms with Crippen molar-refractivity contribution in [3.8, 4) is 11.5 Å². The van der Waals surface area contributed by atoms with E-state index in [1.807, 2.05) is 0 Å². The summed E-state index contributed by atoms with van der Waals surface area (Å²) < 4.78 is 4.66. The lowest BCUT2D eigenvalue weighted by Gasteiger charge is -2.15. The summed E-state index contributed by atoms with van der Waals surface area (Å²) in [5, 5.41) is 36.0. The van der Waals surface area contributed by atoms with Crippen molar-refractivity contribution in [1.82, 2.24) is 0 Å². The van der Waals surface area contributed by atoms with Crippen LogP contribution in [0.1, 0.15) is 10.4 Å². The molecule has 0 spiro atoms. The van der Waals surface area contributed by atoms with Gasteiger partial charge in [-0.1, -0.05) is 0 Å². The summed E-state index contributed by atoms with van der Waals surface area (Å²) in [5.74, 6) is -1.93. The van der Waals surface area contributed by atoms with E-state index in [1.165, 1.54) is 7.11 Å². The van der Waals surface area contributed by atoms with Crippen LogP contribution >= 0.6 is 0 Å². The topological polar surface area (TPSA) is 114 Å². The molecule has 7 heteroatoms. The number of hydrogen-bond donors (Lipinski definition) is 4. The van der Waals surface area contributed by atoms with Gasteiger partial charge in [0.1, 0.15) is 5.56 Å². The fourth-order valence-corrected chi connectivity index (χ4v) is 1.09. The molecule has 1 aromatic rings. The molecule has 1 atom stereocenters. The first-order valence-electron chi connectivity index (χ1n) is 3.85. The van der Waals surface area contributed by atoms with Crippen LogP contribution in [-0.2, 0) is 0 Å². The fraction of sp³-hybridized carbons (Fsp3) is 0.125. The second-order valence-corrected chi connectivity index (χ2v) is 2.68. The molecule has 0 aliphatic rings. The predicted molar refractivity (Wildman–Crippen MR) is 47.4 cm³/mol. The van der Waals surface area contributed by atoms with Crippen LogP contribution in [0.2, 0.25) is 0 Å². The number of ether oxygens (including phenoxy) is 1. The molecular weight excluding hydrogens is 206 g/mol. The molecule has 7 nitrogen and oxygen atoms in total. The Bertz CT molecular complexity index is 389. The van der Waals surface area contributed by atoms with Crippen molar-refractivity contribution >= 4 is 11.7 Å². The van der Waals surface area contributed by atoms with E-state index in [0.29, 0.717) is 0 Å². The van der Waals surface area contributed by atoms with Gasteiger partial charge < -0.3 is 20.2 Å². The molecule has 0 radical (unpaired) electrons. The van der Waals surface area contributed by atoms with Crippen molar-refractivity contribution in [2.24, 2.45) is 0 Å². The third-order valence-corrected chi connectivity index (χ3v) is 1.78. The van der Waals surface area contributed by atoms with E-state index in [9.17, 15) is 15.1 Å². The van der Waals surface area contributed by atoms with Crippen LogP contribution in [-0.4, -0.2) is 28.5 Å². The van der Waals surface area contributed by atoms with Gasteiger partial charge in [0.15, 0.2) is 17.2 Å². The number of methoxy groups -OCH3 is 1. The largest absolute Gasteiger partial charge is 0.595 e. The third-order valence-electron chi connectivity index (χ3n) is 1.78. The molecule has 4 N–H and O–H groups in total. The van der Waals surface area contributed by atoms with Crippen LogP contribution in [0.15, 0.2) is 12.1 Å². The van der Waals surface area contributed by atoms with E-state index in [4.69, 9.17) is 10.3 Å². The summed E-state index contributed by atoms with van der Waals surface area (Å²) in [7, 11) is 1.24. The van der Waals surface area contributed by atoms with Crippen molar-refractivity contribution in [3.05, 3.63) is 22.9 Å². The molecule has 0 aliphatic carbocycles. The highest BCUT2D eigenvalue weighted by atomic mass is 16.8. The fourth-order valence-electron chi connectivity index (χ4n) is 1.09. The van der Waals surface area contributed by atoms with Gasteiger partial charge in [0, 0.05) is 12.1 Å². The van der Waals surface area contributed by atoms with E-state index in [1.54, 1.807) is 0 Å². The molecule has 1 rings (SSSR count). The first-order chi connectivity index (χ1) is 6.97. The number of hydrogen-bond acceptors (Lipinski definition) is 5. The lowest BCUT2D eigenvalue weighted by molar-refractivity contribution is -0.991. The van der Waals surface area contributed by atoms with Crippen molar-refractivity contribution in [2.75, 3.05) is 7.11 Å². The number of phenolic OH excluding ortho intramolecular Hbond substituents is 1. The number of carbonyl (C=O) groups is 1. The number of nitrogens with one attached hydrogen (secondary N) is 1. The highest BCUT2D eigenvalue weighted by molar-refractivity contribution is 5.93. The average Bonchev–Trinajstić information content (AvgIpc) is 2.16. The standard InChI is InChI=1S/C8H9NO6/c1-15-7-3-5(9(13)14)4(8(11)12)2-6(7)10/h2-3,9-10,13H,1H3,(H,11,12). The summed E-state index contributed by atoms with van der Waals surface area (Å²) in [6.45, 7) is 0. The Morgan fingerprint density at radius 2 is 2.13 bits per heavy atom. The number of carboxylic acid groups (broad SMARTS) is 1. The third kappa shape index (κ3) is 2.15. The van der Waals surface area contributed by atoms with Gasteiger partial charge in [-0.2, -0.15) is 5.23 Å². The zero-order valence-electron chi connectivity index (χ0n) is 7.72. The Balaban J connectivity index is 3.38. The van der Waals surface area contributed by atoms with Crippen LogP contribution in [0.5, 0.6) is 11.5 Å².